The van der Waals surface area contributed by atoms with Crippen LogP contribution in [0.15, 0.2) is 65.8 Å². The molecule has 1 aromatic carbocycles. The maximum absolute atomic E-state index is 14.2. The molecule has 184 valence electrons. The van der Waals surface area contributed by atoms with Crippen LogP contribution in [-0.4, -0.2) is 43.7 Å². The highest BCUT2D eigenvalue weighted by Crippen LogP contribution is 2.43. The summed E-state index contributed by atoms with van der Waals surface area (Å²) in [5.41, 5.74) is -2.71. The predicted octanol–water partition coefficient (Wildman–Crippen LogP) is 4.60. The van der Waals surface area contributed by atoms with Crippen molar-refractivity contribution in [1.29, 1.82) is 0 Å². The number of allylic oxidation sites excluding steroid dienone is 3. The van der Waals surface area contributed by atoms with Crippen LogP contribution in [0, 0.1) is 5.92 Å². The third-order valence-corrected chi connectivity index (χ3v) is 5.27. The Morgan fingerprint density at radius 1 is 1.21 bits per heavy atom. The van der Waals surface area contributed by atoms with Crippen molar-refractivity contribution >= 4 is 17.7 Å². The lowest BCUT2D eigenvalue weighted by molar-refractivity contribution is -0.278. The fourth-order valence-corrected chi connectivity index (χ4v) is 3.62. The van der Waals surface area contributed by atoms with Gasteiger partial charge in [0.05, 0.1) is 5.92 Å². The second kappa shape index (κ2) is 10.8. The summed E-state index contributed by atoms with van der Waals surface area (Å²) in [5.74, 6) is -3.62. The molecule has 0 aliphatic carbocycles. The average Bonchev–Trinajstić information content (AvgIpc) is 3.06. The summed E-state index contributed by atoms with van der Waals surface area (Å²) >= 11 is 0. The molecule has 0 radical (unpaired) electrons. The molecule has 1 fully saturated rings. The molecule has 2 rings (SSSR count). The predicted molar refractivity (Wildman–Crippen MR) is 117 cm³/mol. The van der Waals surface area contributed by atoms with Crippen LogP contribution in [-0.2, 0) is 34.2 Å². The summed E-state index contributed by atoms with van der Waals surface area (Å²) in [7, 11) is 0.761. The Labute approximate surface area is 196 Å². The maximum Gasteiger partial charge on any atom is 0.432 e. The van der Waals surface area contributed by atoms with E-state index < -0.39 is 41.3 Å². The number of carbonyl (C=O) groups excluding carboxylic acids is 3. The van der Waals surface area contributed by atoms with Crippen molar-refractivity contribution in [3.05, 3.63) is 71.3 Å². The van der Waals surface area contributed by atoms with Crippen molar-refractivity contribution in [2.45, 2.75) is 45.1 Å². The zero-order chi connectivity index (χ0) is 25.7. The number of esters is 2. The van der Waals surface area contributed by atoms with Gasteiger partial charge in [0.2, 0.25) is 0 Å². The summed E-state index contributed by atoms with van der Waals surface area (Å²) in [6.45, 7) is 8.45. The molecule has 6 nitrogen and oxygen atoms in total. The van der Waals surface area contributed by atoms with Gasteiger partial charge in [-0.3, -0.25) is 4.79 Å². The maximum atomic E-state index is 14.2. The molecular formula is C25H27F3O6. The van der Waals surface area contributed by atoms with Gasteiger partial charge in [-0.25, -0.2) is 9.59 Å². The minimum Gasteiger partial charge on any atom is -0.462 e. The van der Waals surface area contributed by atoms with E-state index in [1.54, 1.807) is 20.8 Å². The molecule has 0 bridgehead atoms. The number of ether oxygens (including phenoxy) is 3. The van der Waals surface area contributed by atoms with Crippen molar-refractivity contribution in [3.8, 4) is 0 Å². The Balaban J connectivity index is 2.48. The van der Waals surface area contributed by atoms with Crippen molar-refractivity contribution in [2.24, 2.45) is 5.92 Å². The highest BCUT2D eigenvalue weighted by atomic mass is 19.4. The van der Waals surface area contributed by atoms with Gasteiger partial charge < -0.3 is 14.2 Å². The molecule has 1 aliphatic heterocycles. The number of methoxy groups -OCH3 is 1. The Bertz CT molecular complexity index is 1010. The van der Waals surface area contributed by atoms with Crippen molar-refractivity contribution in [3.63, 3.8) is 0 Å². The number of carbonyl (C=O) groups is 3. The highest BCUT2D eigenvalue weighted by Gasteiger charge is 2.64. The first-order valence-electron chi connectivity index (χ1n) is 10.4. The van der Waals surface area contributed by atoms with E-state index in [-0.39, 0.29) is 24.4 Å². The first-order chi connectivity index (χ1) is 15.8. The van der Waals surface area contributed by atoms with Crippen LogP contribution in [0.3, 0.4) is 0 Å². The number of halogens is 3. The molecule has 1 aromatic rings. The van der Waals surface area contributed by atoms with Crippen LogP contribution < -0.4 is 0 Å². The highest BCUT2D eigenvalue weighted by molar-refractivity contribution is 5.92. The van der Waals surface area contributed by atoms with E-state index in [2.05, 4.69) is 6.58 Å². The second-order valence-corrected chi connectivity index (χ2v) is 8.23. The monoisotopic (exact) mass is 480 g/mol. The Kier molecular flexibility index (Phi) is 8.61. The minimum absolute atomic E-state index is 0.0489. The smallest absolute Gasteiger partial charge is 0.432 e. The van der Waals surface area contributed by atoms with Crippen LogP contribution in [0.5, 0.6) is 0 Å². The second-order valence-electron chi connectivity index (χ2n) is 8.23. The van der Waals surface area contributed by atoms with Gasteiger partial charge in [0.1, 0.15) is 12.7 Å². The lowest BCUT2D eigenvalue weighted by Crippen LogP contribution is -2.53. The average molecular weight is 480 g/mol. The van der Waals surface area contributed by atoms with Crippen LogP contribution in [0.25, 0.3) is 0 Å². The summed E-state index contributed by atoms with van der Waals surface area (Å²) in [4.78, 5) is 37.1. The largest absolute Gasteiger partial charge is 0.462 e. The van der Waals surface area contributed by atoms with Gasteiger partial charge in [-0.05, 0) is 32.9 Å². The van der Waals surface area contributed by atoms with Crippen molar-refractivity contribution in [1.82, 2.24) is 0 Å². The molecule has 1 heterocycles. The van der Waals surface area contributed by atoms with Crippen molar-refractivity contribution in [2.75, 3.05) is 13.7 Å². The van der Waals surface area contributed by atoms with Gasteiger partial charge in [-0.2, -0.15) is 13.2 Å². The zero-order valence-corrected chi connectivity index (χ0v) is 19.4. The van der Waals surface area contributed by atoms with Gasteiger partial charge in [0.15, 0.2) is 5.78 Å². The lowest BCUT2D eigenvalue weighted by atomic mass is 9.91. The topological polar surface area (TPSA) is 78.9 Å². The van der Waals surface area contributed by atoms with Crippen LogP contribution >= 0.6 is 0 Å². The van der Waals surface area contributed by atoms with E-state index in [0.29, 0.717) is 5.57 Å². The Morgan fingerprint density at radius 3 is 2.29 bits per heavy atom. The van der Waals surface area contributed by atoms with E-state index in [1.165, 1.54) is 30.4 Å². The van der Waals surface area contributed by atoms with Gasteiger partial charge in [-0.15, -0.1) is 0 Å². The molecule has 3 atom stereocenters. The lowest BCUT2D eigenvalue weighted by Gasteiger charge is -2.34. The number of ketones is 1. The van der Waals surface area contributed by atoms with Gasteiger partial charge in [0.25, 0.3) is 5.60 Å². The molecule has 0 spiro atoms. The number of cyclic esters (lactones) is 1. The van der Waals surface area contributed by atoms with Crippen LogP contribution in [0.4, 0.5) is 13.2 Å². The van der Waals surface area contributed by atoms with E-state index >= 15 is 0 Å². The third-order valence-electron chi connectivity index (χ3n) is 5.27. The summed E-state index contributed by atoms with van der Waals surface area (Å²) in [6.07, 6.45) is -3.81. The first-order valence-corrected chi connectivity index (χ1v) is 10.4. The van der Waals surface area contributed by atoms with E-state index in [1.807, 2.05) is 0 Å². The van der Waals surface area contributed by atoms with E-state index in [9.17, 15) is 27.6 Å². The van der Waals surface area contributed by atoms with E-state index in [4.69, 9.17) is 14.2 Å². The zero-order valence-electron chi connectivity index (χ0n) is 19.4. The number of hydrogen-bond donors (Lipinski definition) is 0. The quantitative estimate of drug-likeness (QED) is 0.292. The molecule has 1 aliphatic rings. The molecule has 34 heavy (non-hydrogen) atoms. The molecule has 0 aromatic heterocycles. The summed E-state index contributed by atoms with van der Waals surface area (Å²) in [5, 5.41) is 0. The molecule has 9 heteroatoms. The van der Waals surface area contributed by atoms with Crippen molar-refractivity contribution < 1.29 is 41.8 Å². The third kappa shape index (κ3) is 5.83. The van der Waals surface area contributed by atoms with Crippen LogP contribution in [0.2, 0.25) is 0 Å². The molecule has 0 amide bonds. The fourth-order valence-electron chi connectivity index (χ4n) is 3.62. The molecule has 0 saturated carbocycles. The minimum atomic E-state index is -5.16. The van der Waals surface area contributed by atoms with Crippen LogP contribution in [0.1, 0.15) is 32.8 Å². The SMILES string of the molecule is C=C1C(=O)OC[C@H]1[C@H](/C=C(\C)CC(=O)C=C(C)C)OC(=O)[C@](OC)(c1ccccc1)C(F)(F)F. The summed E-state index contributed by atoms with van der Waals surface area (Å²) in [6, 6.07) is 6.38. The summed E-state index contributed by atoms with van der Waals surface area (Å²) < 4.78 is 57.8. The molecule has 0 N–H and O–H groups in total. The van der Waals surface area contributed by atoms with Gasteiger partial charge in [0, 0.05) is 24.7 Å². The van der Waals surface area contributed by atoms with E-state index in [0.717, 1.165) is 24.8 Å². The number of benzene rings is 1. The number of hydrogen-bond acceptors (Lipinski definition) is 6. The van der Waals surface area contributed by atoms with Gasteiger partial charge >= 0.3 is 18.1 Å². The Morgan fingerprint density at radius 2 is 1.82 bits per heavy atom. The molecule has 0 unspecified atom stereocenters. The van der Waals surface area contributed by atoms with Gasteiger partial charge in [-0.1, -0.05) is 48.1 Å². The standard InChI is InChI=1S/C25H27F3O6/c1-15(2)11-19(29)12-16(3)13-21(20-14-33-22(30)17(20)4)34-23(31)24(32-5,25(26,27)28)18-9-7-6-8-10-18/h6-11,13,20-21H,4,12,14H2,1-3,5H3/b16-13+/t20-,21+,24-/m1/s1. The first kappa shape index (κ1) is 27.0. The number of alkyl halides is 3. The molecule has 1 saturated heterocycles. The molecular weight excluding hydrogens is 453 g/mol. The number of rotatable bonds is 9. The fraction of sp³-hybridized carbons (Fsp3) is 0.400. The Hall–Kier alpha value is -3.20. The normalized spacial score (nSPS) is 19.1.